The molecule has 0 saturated heterocycles. The van der Waals surface area contributed by atoms with E-state index >= 15 is 0 Å². The lowest BCUT2D eigenvalue weighted by atomic mass is 10.0. The third-order valence-electron chi connectivity index (χ3n) is 6.15. The highest BCUT2D eigenvalue weighted by Gasteiger charge is 2.34. The lowest BCUT2D eigenvalue weighted by Gasteiger charge is -2.34. The minimum Gasteiger partial charge on any atom is -0.354 e. The summed E-state index contributed by atoms with van der Waals surface area (Å²) < 4.78 is 28.7. The number of nitrogens with zero attached hydrogens (tertiary/aromatic N) is 3. The van der Waals surface area contributed by atoms with Crippen LogP contribution in [0.3, 0.4) is 0 Å². The van der Waals surface area contributed by atoms with E-state index in [9.17, 15) is 18.0 Å². The molecule has 0 aliphatic heterocycles. The largest absolute Gasteiger partial charge is 0.354 e. The van der Waals surface area contributed by atoms with Crippen molar-refractivity contribution in [3.8, 4) is 0 Å². The van der Waals surface area contributed by atoms with Crippen LogP contribution in [0.1, 0.15) is 24.5 Å². The molecule has 3 aromatic rings. The third kappa shape index (κ3) is 8.29. The van der Waals surface area contributed by atoms with Gasteiger partial charge in [0.05, 0.1) is 5.69 Å². The van der Waals surface area contributed by atoms with Gasteiger partial charge in [0, 0.05) is 38.6 Å². The fourth-order valence-electron chi connectivity index (χ4n) is 4.02. The average Bonchev–Trinajstić information content (AvgIpc) is 2.94. The Kier molecular flexibility index (Phi) is 10.9. The van der Waals surface area contributed by atoms with Gasteiger partial charge < -0.3 is 10.2 Å². The Labute approximate surface area is 236 Å². The number of amides is 2. The van der Waals surface area contributed by atoms with Crippen LogP contribution in [0.15, 0.2) is 84.9 Å². The minimum atomic E-state index is -4.02. The molecular formula is C29H35ClN4O4S. The smallest absolute Gasteiger partial charge is 0.304 e. The first-order valence-corrected chi connectivity index (χ1v) is 14.5. The van der Waals surface area contributed by atoms with Gasteiger partial charge in [0.2, 0.25) is 11.8 Å². The molecule has 0 fully saturated rings. The molecule has 2 amide bonds. The van der Waals surface area contributed by atoms with E-state index in [0.29, 0.717) is 17.3 Å². The number of carbonyl (C=O) groups excluding carboxylic acids is 2. The van der Waals surface area contributed by atoms with Crippen molar-refractivity contribution < 1.29 is 18.0 Å². The van der Waals surface area contributed by atoms with Crippen LogP contribution in [0.25, 0.3) is 0 Å². The highest BCUT2D eigenvalue weighted by atomic mass is 35.5. The maximum absolute atomic E-state index is 14.1. The van der Waals surface area contributed by atoms with E-state index in [2.05, 4.69) is 5.32 Å². The topological polar surface area (TPSA) is 90.0 Å². The van der Waals surface area contributed by atoms with Gasteiger partial charge in [-0.05, 0) is 41.8 Å². The van der Waals surface area contributed by atoms with Gasteiger partial charge >= 0.3 is 10.2 Å². The maximum Gasteiger partial charge on any atom is 0.304 e. The second-order valence-electron chi connectivity index (χ2n) is 9.28. The number of halogens is 1. The summed E-state index contributed by atoms with van der Waals surface area (Å²) in [5.41, 5.74) is 1.99. The number of benzene rings is 3. The highest BCUT2D eigenvalue weighted by molar-refractivity contribution is 7.90. The van der Waals surface area contributed by atoms with Crippen LogP contribution in [0.4, 0.5) is 5.69 Å². The monoisotopic (exact) mass is 570 g/mol. The van der Waals surface area contributed by atoms with Crippen molar-refractivity contribution in [1.29, 1.82) is 0 Å². The lowest BCUT2D eigenvalue weighted by Crippen LogP contribution is -2.54. The Hall–Kier alpha value is -3.40. The molecule has 39 heavy (non-hydrogen) atoms. The summed E-state index contributed by atoms with van der Waals surface area (Å²) in [5.74, 6) is -0.809. The molecule has 0 aliphatic carbocycles. The van der Waals surface area contributed by atoms with Crippen molar-refractivity contribution in [2.24, 2.45) is 0 Å². The predicted molar refractivity (Wildman–Crippen MR) is 156 cm³/mol. The van der Waals surface area contributed by atoms with E-state index in [1.54, 1.807) is 54.6 Å². The Balaban J connectivity index is 2.05. The Bertz CT molecular complexity index is 1320. The standard InChI is InChI=1S/C29H35ClN4O4S/c1-4-19-31-29(36)27(20-23-11-7-5-8-12-23)33(21-24-15-17-25(30)18-16-24)28(35)22-34(39(37,38)32(2)3)26-13-9-6-10-14-26/h5-18,27H,4,19-22H2,1-3H3,(H,31,36)/t27-/m0/s1. The summed E-state index contributed by atoms with van der Waals surface area (Å²) in [6.45, 7) is 2.02. The summed E-state index contributed by atoms with van der Waals surface area (Å²) >= 11 is 6.08. The van der Waals surface area contributed by atoms with E-state index in [4.69, 9.17) is 11.6 Å². The maximum atomic E-state index is 14.1. The quantitative estimate of drug-likeness (QED) is 0.335. The number of rotatable bonds is 13. The predicted octanol–water partition coefficient (Wildman–Crippen LogP) is 4.12. The van der Waals surface area contributed by atoms with Crippen LogP contribution in [0.2, 0.25) is 5.02 Å². The Morgan fingerprint density at radius 3 is 2.03 bits per heavy atom. The Morgan fingerprint density at radius 1 is 0.872 bits per heavy atom. The summed E-state index contributed by atoms with van der Waals surface area (Å²) in [4.78, 5) is 29.0. The summed E-state index contributed by atoms with van der Waals surface area (Å²) in [6, 6.07) is 24.0. The molecule has 8 nitrogen and oxygen atoms in total. The van der Waals surface area contributed by atoms with Gasteiger partial charge in [0.1, 0.15) is 12.6 Å². The second-order valence-corrected chi connectivity index (χ2v) is 11.8. The Morgan fingerprint density at radius 2 is 1.46 bits per heavy atom. The van der Waals surface area contributed by atoms with Gasteiger partial charge in [-0.1, -0.05) is 79.2 Å². The zero-order chi connectivity index (χ0) is 28.4. The van der Waals surface area contributed by atoms with E-state index in [1.165, 1.54) is 19.0 Å². The number of hydrogen-bond acceptors (Lipinski definition) is 4. The van der Waals surface area contributed by atoms with Gasteiger partial charge in [-0.3, -0.25) is 9.59 Å². The van der Waals surface area contributed by atoms with Crippen molar-refractivity contribution in [1.82, 2.24) is 14.5 Å². The molecule has 0 aromatic heterocycles. The van der Waals surface area contributed by atoms with Crippen molar-refractivity contribution in [2.75, 3.05) is 31.5 Å². The number of carbonyl (C=O) groups is 2. The fourth-order valence-corrected chi connectivity index (χ4v) is 5.20. The molecule has 10 heteroatoms. The van der Waals surface area contributed by atoms with Gasteiger partial charge in [-0.2, -0.15) is 12.7 Å². The first kappa shape index (κ1) is 30.1. The van der Waals surface area contributed by atoms with E-state index < -0.39 is 28.7 Å². The average molecular weight is 571 g/mol. The number of para-hydroxylation sites is 1. The van der Waals surface area contributed by atoms with Gasteiger partial charge in [0.15, 0.2) is 0 Å². The minimum absolute atomic E-state index is 0.0949. The second kappa shape index (κ2) is 14.1. The molecule has 0 bridgehead atoms. The van der Waals surface area contributed by atoms with Gasteiger partial charge in [-0.15, -0.1) is 0 Å². The molecule has 1 N–H and O–H groups in total. The van der Waals surface area contributed by atoms with Crippen molar-refractivity contribution in [3.63, 3.8) is 0 Å². The molecule has 3 rings (SSSR count). The van der Waals surface area contributed by atoms with Crippen LogP contribution in [0, 0.1) is 0 Å². The lowest BCUT2D eigenvalue weighted by molar-refractivity contribution is -0.140. The number of hydrogen-bond donors (Lipinski definition) is 1. The molecule has 0 spiro atoms. The first-order valence-electron chi connectivity index (χ1n) is 12.7. The van der Waals surface area contributed by atoms with E-state index in [1.807, 2.05) is 37.3 Å². The van der Waals surface area contributed by atoms with E-state index in [0.717, 1.165) is 26.2 Å². The molecule has 0 saturated carbocycles. The molecule has 0 radical (unpaired) electrons. The normalized spacial score (nSPS) is 12.1. The zero-order valence-corrected chi connectivity index (χ0v) is 24.0. The fraction of sp³-hybridized carbons (Fsp3) is 0.310. The molecule has 0 heterocycles. The van der Waals surface area contributed by atoms with Crippen molar-refractivity contribution >= 4 is 39.3 Å². The summed E-state index contributed by atoms with van der Waals surface area (Å²) in [6.07, 6.45) is 0.999. The van der Waals surface area contributed by atoms with Crippen molar-refractivity contribution in [3.05, 3.63) is 101 Å². The first-order chi connectivity index (χ1) is 18.6. The van der Waals surface area contributed by atoms with Crippen molar-refractivity contribution in [2.45, 2.75) is 32.4 Å². The molecule has 3 aromatic carbocycles. The highest BCUT2D eigenvalue weighted by Crippen LogP contribution is 2.22. The molecule has 0 aliphatic rings. The van der Waals surface area contributed by atoms with Crippen LogP contribution < -0.4 is 9.62 Å². The molecule has 0 unspecified atom stereocenters. The third-order valence-corrected chi connectivity index (χ3v) is 8.22. The van der Waals surface area contributed by atoms with Crippen LogP contribution in [0.5, 0.6) is 0 Å². The van der Waals surface area contributed by atoms with Gasteiger partial charge in [0.25, 0.3) is 0 Å². The molecular weight excluding hydrogens is 536 g/mol. The number of nitrogens with one attached hydrogen (secondary N) is 1. The van der Waals surface area contributed by atoms with E-state index in [-0.39, 0.29) is 18.9 Å². The van der Waals surface area contributed by atoms with Crippen LogP contribution in [-0.4, -0.2) is 62.7 Å². The van der Waals surface area contributed by atoms with Gasteiger partial charge in [-0.25, -0.2) is 4.31 Å². The van der Waals surface area contributed by atoms with Crippen LogP contribution in [-0.2, 0) is 32.8 Å². The molecule has 208 valence electrons. The van der Waals surface area contributed by atoms with Crippen LogP contribution >= 0.6 is 11.6 Å². The SMILES string of the molecule is CCCNC(=O)[C@H](Cc1ccccc1)N(Cc1ccc(Cl)cc1)C(=O)CN(c1ccccc1)S(=O)(=O)N(C)C. The summed E-state index contributed by atoms with van der Waals surface area (Å²) in [7, 11) is -1.19. The summed E-state index contributed by atoms with van der Waals surface area (Å²) in [5, 5.41) is 3.47. The molecule has 1 atom stereocenters. The number of anilines is 1. The zero-order valence-electron chi connectivity index (χ0n) is 22.5.